The van der Waals surface area contributed by atoms with Gasteiger partial charge in [0.25, 0.3) is 0 Å². The summed E-state index contributed by atoms with van der Waals surface area (Å²) in [6.07, 6.45) is 1.98. The second kappa shape index (κ2) is 10.0. The summed E-state index contributed by atoms with van der Waals surface area (Å²) in [5.41, 5.74) is 9.76. The molecule has 0 aromatic heterocycles. The van der Waals surface area contributed by atoms with E-state index >= 15 is 0 Å². The average molecular weight is 441 g/mol. The lowest BCUT2D eigenvalue weighted by molar-refractivity contribution is -0.130. The van der Waals surface area contributed by atoms with E-state index in [1.54, 1.807) is 12.1 Å². The van der Waals surface area contributed by atoms with Gasteiger partial charge in [-0.2, -0.15) is 0 Å². The van der Waals surface area contributed by atoms with Crippen molar-refractivity contribution in [1.29, 1.82) is 0 Å². The molecular formula is C21H27Cl2FN4O. The summed E-state index contributed by atoms with van der Waals surface area (Å²) < 4.78 is 14.0. The molecule has 8 heteroatoms. The zero-order valence-corrected chi connectivity index (χ0v) is 17.9. The average Bonchev–Trinajstić information content (AvgIpc) is 2.69. The fourth-order valence-electron chi connectivity index (χ4n) is 4.06. The first-order valence-corrected chi connectivity index (χ1v) is 9.53. The molecule has 2 aliphatic rings. The molecule has 0 saturated carbocycles. The van der Waals surface area contributed by atoms with Crippen LogP contribution in [0.15, 0.2) is 42.5 Å². The van der Waals surface area contributed by atoms with Gasteiger partial charge in [-0.3, -0.25) is 4.79 Å². The van der Waals surface area contributed by atoms with Gasteiger partial charge in [0.1, 0.15) is 5.82 Å². The highest BCUT2D eigenvalue weighted by Crippen LogP contribution is 2.31. The van der Waals surface area contributed by atoms with Gasteiger partial charge in [-0.25, -0.2) is 4.39 Å². The Bertz CT molecular complexity index is 843. The molecule has 1 fully saturated rings. The number of nitrogens with two attached hydrogens (primary N) is 1. The van der Waals surface area contributed by atoms with Crippen molar-refractivity contribution in [3.63, 3.8) is 0 Å². The number of hydrogen-bond donors (Lipinski definition) is 1. The standard InChI is InChI=1S/C21H25FN4O.2ClH/c22-17-6-1-2-8-20(17)24-11-13-25(14-12-24)21(27)15-26-10-4-5-16-18(23)7-3-9-19(16)26;;/h1-3,6-9H,4-5,10-15,23H2;2*1H. The summed E-state index contributed by atoms with van der Waals surface area (Å²) in [5, 5.41) is 0. The van der Waals surface area contributed by atoms with E-state index in [-0.39, 0.29) is 36.5 Å². The third kappa shape index (κ3) is 4.87. The maximum absolute atomic E-state index is 14.0. The maximum atomic E-state index is 14.0. The number of amides is 1. The molecule has 0 bridgehead atoms. The first-order chi connectivity index (χ1) is 13.1. The van der Waals surface area contributed by atoms with E-state index in [1.165, 1.54) is 6.07 Å². The van der Waals surface area contributed by atoms with Crippen LogP contribution in [0.2, 0.25) is 0 Å². The maximum Gasteiger partial charge on any atom is 0.242 e. The predicted octanol–water partition coefficient (Wildman–Crippen LogP) is 3.35. The van der Waals surface area contributed by atoms with Crippen LogP contribution < -0.4 is 15.5 Å². The zero-order chi connectivity index (χ0) is 18.8. The first-order valence-electron chi connectivity index (χ1n) is 9.53. The van der Waals surface area contributed by atoms with E-state index in [1.807, 2.05) is 34.1 Å². The summed E-state index contributed by atoms with van der Waals surface area (Å²) in [4.78, 5) is 18.9. The lowest BCUT2D eigenvalue weighted by Crippen LogP contribution is -2.52. The van der Waals surface area contributed by atoms with Gasteiger partial charge in [0.15, 0.2) is 0 Å². The van der Waals surface area contributed by atoms with Crippen LogP contribution in [-0.4, -0.2) is 50.1 Å². The Labute approximate surface area is 183 Å². The van der Waals surface area contributed by atoms with E-state index in [2.05, 4.69) is 4.90 Å². The number of nitrogen functional groups attached to an aromatic ring is 1. The van der Waals surface area contributed by atoms with Crippen LogP contribution in [0, 0.1) is 5.82 Å². The fourth-order valence-corrected chi connectivity index (χ4v) is 4.06. The van der Waals surface area contributed by atoms with Crippen molar-refractivity contribution in [1.82, 2.24) is 4.90 Å². The Morgan fingerprint density at radius 3 is 2.34 bits per heavy atom. The molecule has 1 saturated heterocycles. The number of carbonyl (C=O) groups is 1. The first kappa shape index (κ1) is 23.1. The van der Waals surface area contributed by atoms with Crippen LogP contribution in [0.3, 0.4) is 0 Å². The second-order valence-corrected chi connectivity index (χ2v) is 7.19. The summed E-state index contributed by atoms with van der Waals surface area (Å²) >= 11 is 0. The second-order valence-electron chi connectivity index (χ2n) is 7.19. The molecule has 2 heterocycles. The molecule has 4 rings (SSSR count). The Morgan fingerprint density at radius 1 is 0.931 bits per heavy atom. The number of hydrogen-bond acceptors (Lipinski definition) is 4. The molecule has 29 heavy (non-hydrogen) atoms. The number of piperazine rings is 1. The molecule has 5 nitrogen and oxygen atoms in total. The molecule has 0 unspecified atom stereocenters. The van der Waals surface area contributed by atoms with Crippen LogP contribution in [0.5, 0.6) is 0 Å². The van der Waals surface area contributed by atoms with Gasteiger partial charge in [-0.1, -0.05) is 18.2 Å². The van der Waals surface area contributed by atoms with Gasteiger partial charge < -0.3 is 20.4 Å². The summed E-state index contributed by atoms with van der Waals surface area (Å²) in [5.74, 6) is -0.0850. The Morgan fingerprint density at radius 2 is 1.62 bits per heavy atom. The number of nitrogens with zero attached hydrogens (tertiary/aromatic N) is 3. The van der Waals surface area contributed by atoms with Crippen molar-refractivity contribution in [3.05, 3.63) is 53.8 Å². The van der Waals surface area contributed by atoms with Crippen molar-refractivity contribution < 1.29 is 9.18 Å². The van der Waals surface area contributed by atoms with Gasteiger partial charge in [0.05, 0.1) is 12.2 Å². The van der Waals surface area contributed by atoms with Crippen LogP contribution in [0.25, 0.3) is 0 Å². The minimum Gasteiger partial charge on any atom is -0.398 e. The van der Waals surface area contributed by atoms with E-state index < -0.39 is 0 Å². The van der Waals surface area contributed by atoms with Gasteiger partial charge in [-0.15, -0.1) is 24.8 Å². The normalized spacial score (nSPS) is 15.8. The molecule has 1 amide bonds. The number of anilines is 3. The lowest BCUT2D eigenvalue weighted by atomic mass is 10.00. The molecule has 2 N–H and O–H groups in total. The van der Waals surface area contributed by atoms with Gasteiger partial charge in [-0.05, 0) is 42.7 Å². The van der Waals surface area contributed by atoms with Crippen molar-refractivity contribution in [2.24, 2.45) is 0 Å². The SMILES string of the molecule is Cl.Cl.Nc1cccc2c1CCCN2CC(=O)N1CCN(c2ccccc2F)CC1. The molecule has 0 spiro atoms. The van der Waals surface area contributed by atoms with Crippen LogP contribution in [0.1, 0.15) is 12.0 Å². The van der Waals surface area contributed by atoms with E-state index in [4.69, 9.17) is 5.73 Å². The smallest absolute Gasteiger partial charge is 0.242 e. The number of halogens is 3. The molecule has 158 valence electrons. The summed E-state index contributed by atoms with van der Waals surface area (Å²) in [7, 11) is 0. The topological polar surface area (TPSA) is 52.8 Å². The highest BCUT2D eigenvalue weighted by Gasteiger charge is 2.26. The van der Waals surface area contributed by atoms with Crippen molar-refractivity contribution in [2.45, 2.75) is 12.8 Å². The minimum absolute atomic E-state index is 0. The quantitative estimate of drug-likeness (QED) is 0.743. The largest absolute Gasteiger partial charge is 0.398 e. The molecule has 0 radical (unpaired) electrons. The Balaban J connectivity index is 0.00000150. The Kier molecular flexibility index (Phi) is 7.99. The number of benzene rings is 2. The Hall–Kier alpha value is -2.18. The third-order valence-electron chi connectivity index (χ3n) is 5.53. The van der Waals surface area contributed by atoms with Gasteiger partial charge in [0.2, 0.25) is 5.91 Å². The van der Waals surface area contributed by atoms with Crippen LogP contribution in [0.4, 0.5) is 21.5 Å². The van der Waals surface area contributed by atoms with Gasteiger partial charge >= 0.3 is 0 Å². The minimum atomic E-state index is -0.209. The van der Waals surface area contributed by atoms with E-state index in [0.29, 0.717) is 38.4 Å². The summed E-state index contributed by atoms with van der Waals surface area (Å²) in [6, 6.07) is 12.7. The van der Waals surface area contributed by atoms with E-state index in [0.717, 1.165) is 36.3 Å². The van der Waals surface area contributed by atoms with Crippen LogP contribution in [-0.2, 0) is 11.2 Å². The number of fused-ring (bicyclic) bond motifs is 1. The molecule has 0 aliphatic carbocycles. The van der Waals surface area contributed by atoms with Gasteiger partial charge in [0, 0.05) is 44.1 Å². The van der Waals surface area contributed by atoms with Crippen molar-refractivity contribution in [3.8, 4) is 0 Å². The molecular weight excluding hydrogens is 414 g/mol. The molecule has 2 aliphatic heterocycles. The summed E-state index contributed by atoms with van der Waals surface area (Å²) in [6.45, 7) is 3.77. The number of carbonyl (C=O) groups excluding carboxylic acids is 1. The lowest BCUT2D eigenvalue weighted by Gasteiger charge is -2.38. The monoisotopic (exact) mass is 440 g/mol. The van der Waals surface area contributed by atoms with Crippen LogP contribution >= 0.6 is 24.8 Å². The molecule has 2 aromatic carbocycles. The highest BCUT2D eigenvalue weighted by atomic mass is 35.5. The molecule has 2 aromatic rings. The zero-order valence-electron chi connectivity index (χ0n) is 16.2. The number of rotatable bonds is 3. The highest BCUT2D eigenvalue weighted by molar-refractivity contribution is 5.85. The fraction of sp³-hybridized carbons (Fsp3) is 0.381. The molecule has 0 atom stereocenters. The van der Waals surface area contributed by atoms with Crippen molar-refractivity contribution >= 4 is 47.8 Å². The van der Waals surface area contributed by atoms with E-state index in [9.17, 15) is 9.18 Å². The number of para-hydroxylation sites is 1. The predicted molar refractivity (Wildman–Crippen MR) is 121 cm³/mol. The third-order valence-corrected chi connectivity index (χ3v) is 5.53. The van der Waals surface area contributed by atoms with Crippen molar-refractivity contribution in [2.75, 3.05) is 54.8 Å².